The summed E-state index contributed by atoms with van der Waals surface area (Å²) in [5.74, 6) is -0.492. The number of likely N-dealkylation sites (tertiary alicyclic amines) is 1. The Balaban J connectivity index is 1.84. The van der Waals surface area contributed by atoms with E-state index in [9.17, 15) is 10.1 Å². The zero-order valence-corrected chi connectivity index (χ0v) is 15.7. The Kier molecular flexibility index (Phi) is 3.91. The number of nitrogens with zero attached hydrogens (tertiary/aromatic N) is 3. The monoisotopic (exact) mass is 378 g/mol. The van der Waals surface area contributed by atoms with Crippen LogP contribution in [0, 0.1) is 17.2 Å². The number of rotatable bonds is 0. The van der Waals surface area contributed by atoms with Gasteiger partial charge >= 0.3 is 0 Å². The summed E-state index contributed by atoms with van der Waals surface area (Å²) in [5, 5.41) is 14.2. The fourth-order valence-electron chi connectivity index (χ4n) is 4.83. The molecule has 3 aliphatic rings. The highest BCUT2D eigenvalue weighted by molar-refractivity contribution is 6.44. The fourth-order valence-corrected chi connectivity index (χ4v) is 5.29. The molecule has 3 unspecified atom stereocenters. The molecule has 3 heterocycles. The van der Waals surface area contributed by atoms with Gasteiger partial charge in [-0.05, 0) is 31.5 Å². The van der Waals surface area contributed by atoms with Crippen molar-refractivity contribution in [3.8, 4) is 6.07 Å². The quantitative estimate of drug-likeness (QED) is 0.753. The van der Waals surface area contributed by atoms with E-state index in [1.165, 1.54) is 0 Å². The highest BCUT2D eigenvalue weighted by atomic mass is 35.5. The van der Waals surface area contributed by atoms with Gasteiger partial charge in [-0.2, -0.15) is 5.26 Å². The molecule has 0 aromatic heterocycles. The molecule has 2 saturated heterocycles. The number of fused-ring (bicyclic) bond motifs is 3. The number of nitrogens with one attached hydrogen (secondary N) is 1. The predicted molar refractivity (Wildman–Crippen MR) is 98.1 cm³/mol. The first-order valence-electron chi connectivity index (χ1n) is 8.50. The maximum Gasteiger partial charge on any atom is 0.243 e. The van der Waals surface area contributed by atoms with Crippen molar-refractivity contribution in [2.45, 2.75) is 30.3 Å². The lowest BCUT2D eigenvalue weighted by Crippen LogP contribution is -2.68. The summed E-state index contributed by atoms with van der Waals surface area (Å²) in [6.07, 6.45) is 1.58. The van der Waals surface area contributed by atoms with Crippen LogP contribution >= 0.6 is 23.2 Å². The minimum atomic E-state index is -0.464. The van der Waals surface area contributed by atoms with E-state index in [0.29, 0.717) is 10.0 Å². The van der Waals surface area contributed by atoms with E-state index in [0.717, 1.165) is 37.2 Å². The molecule has 1 aromatic rings. The van der Waals surface area contributed by atoms with Crippen LogP contribution in [0.3, 0.4) is 0 Å². The molecule has 25 heavy (non-hydrogen) atoms. The molecule has 3 aliphatic heterocycles. The molecule has 1 N–H and O–H groups in total. The molecule has 0 bridgehead atoms. The van der Waals surface area contributed by atoms with Crippen LogP contribution in [0.4, 0.5) is 5.69 Å². The second-order valence-electron chi connectivity index (χ2n) is 7.44. The number of hydrogen-bond acceptors (Lipinski definition) is 4. The predicted octanol–water partition coefficient (Wildman–Crippen LogP) is 2.63. The maximum absolute atomic E-state index is 13.0. The highest BCUT2D eigenvalue weighted by Gasteiger charge is 2.58. The Labute approximate surface area is 157 Å². The summed E-state index contributed by atoms with van der Waals surface area (Å²) in [6.45, 7) is 1.75. The summed E-state index contributed by atoms with van der Waals surface area (Å²) in [6, 6.07) is 5.81. The van der Waals surface area contributed by atoms with Gasteiger partial charge in [-0.25, -0.2) is 0 Å². The second kappa shape index (κ2) is 5.77. The second-order valence-corrected chi connectivity index (χ2v) is 8.22. The molecule has 2 fully saturated rings. The van der Waals surface area contributed by atoms with Crippen LogP contribution in [0.2, 0.25) is 10.0 Å². The van der Waals surface area contributed by atoms with Crippen LogP contribution in [0.5, 0.6) is 0 Å². The molecule has 1 aromatic carbocycles. The van der Waals surface area contributed by atoms with E-state index in [2.05, 4.69) is 23.3 Å². The third kappa shape index (κ3) is 2.28. The van der Waals surface area contributed by atoms with E-state index in [4.69, 9.17) is 23.2 Å². The average molecular weight is 379 g/mol. The van der Waals surface area contributed by atoms with E-state index in [1.807, 2.05) is 18.0 Å². The van der Waals surface area contributed by atoms with Gasteiger partial charge in [-0.1, -0.05) is 29.3 Å². The molecule has 7 heteroatoms. The highest BCUT2D eigenvalue weighted by Crippen LogP contribution is 2.54. The number of carbonyl (C=O) groups excluding carboxylic acids is 1. The van der Waals surface area contributed by atoms with Crippen molar-refractivity contribution in [3.05, 3.63) is 27.7 Å². The largest absolute Gasteiger partial charge is 0.361 e. The Morgan fingerprint density at radius 1 is 1.28 bits per heavy atom. The zero-order chi connectivity index (χ0) is 17.9. The first-order valence-corrected chi connectivity index (χ1v) is 9.26. The standard InChI is InChI=1S/C18H20Cl2N4O/c1-23-7-5-18(6-8-23)11(9-21)13-10-3-4-12(19)14(20)15(10)24(2)16(13)17(25)22-18/h3-4,11,13,16H,5-8H2,1-2H3,(H,22,25). The van der Waals surface area contributed by atoms with Crippen LogP contribution in [-0.2, 0) is 4.79 Å². The minimum Gasteiger partial charge on any atom is -0.361 e. The fraction of sp³-hybridized carbons (Fsp3) is 0.556. The first-order chi connectivity index (χ1) is 11.9. The van der Waals surface area contributed by atoms with Gasteiger partial charge in [0.2, 0.25) is 5.91 Å². The van der Waals surface area contributed by atoms with Crippen LogP contribution in [0.15, 0.2) is 12.1 Å². The van der Waals surface area contributed by atoms with Gasteiger partial charge in [0.15, 0.2) is 0 Å². The number of amides is 1. The topological polar surface area (TPSA) is 59.4 Å². The van der Waals surface area contributed by atoms with Crippen molar-refractivity contribution in [1.29, 1.82) is 5.26 Å². The Bertz CT molecular complexity index is 782. The number of hydrogen-bond donors (Lipinski definition) is 1. The van der Waals surface area contributed by atoms with Gasteiger partial charge < -0.3 is 15.1 Å². The van der Waals surface area contributed by atoms with Crippen molar-refractivity contribution in [1.82, 2.24) is 10.2 Å². The lowest BCUT2D eigenvalue weighted by atomic mass is 9.65. The molecule has 132 valence electrons. The lowest BCUT2D eigenvalue weighted by molar-refractivity contribution is -0.129. The van der Waals surface area contributed by atoms with Crippen LogP contribution < -0.4 is 10.2 Å². The summed E-state index contributed by atoms with van der Waals surface area (Å²) < 4.78 is 0. The van der Waals surface area contributed by atoms with Gasteiger partial charge in [0.25, 0.3) is 0 Å². The van der Waals surface area contributed by atoms with E-state index in [1.54, 1.807) is 6.07 Å². The molecule has 1 amide bonds. The average Bonchev–Trinajstić information content (AvgIpc) is 2.88. The van der Waals surface area contributed by atoms with Gasteiger partial charge in [-0.3, -0.25) is 4.79 Å². The Morgan fingerprint density at radius 3 is 2.60 bits per heavy atom. The number of likely N-dealkylation sites (N-methyl/N-ethyl adjacent to an activating group) is 1. The molecule has 0 aliphatic carbocycles. The first kappa shape index (κ1) is 17.0. The van der Waals surface area contributed by atoms with Crippen molar-refractivity contribution in [3.63, 3.8) is 0 Å². The van der Waals surface area contributed by atoms with E-state index >= 15 is 0 Å². The van der Waals surface area contributed by atoms with Gasteiger partial charge in [0.1, 0.15) is 6.04 Å². The molecule has 4 rings (SSSR count). The van der Waals surface area contributed by atoms with Crippen molar-refractivity contribution in [2.24, 2.45) is 5.92 Å². The summed E-state index contributed by atoms with van der Waals surface area (Å²) in [7, 11) is 3.93. The number of nitriles is 1. The number of anilines is 1. The molecule has 0 radical (unpaired) electrons. The van der Waals surface area contributed by atoms with Gasteiger partial charge in [0, 0.05) is 26.1 Å². The van der Waals surface area contributed by atoms with Crippen LogP contribution in [0.25, 0.3) is 0 Å². The molecule has 0 saturated carbocycles. The minimum absolute atomic E-state index is 0.0213. The Morgan fingerprint density at radius 2 is 1.96 bits per heavy atom. The van der Waals surface area contributed by atoms with Crippen molar-refractivity contribution < 1.29 is 4.79 Å². The third-order valence-electron chi connectivity index (χ3n) is 6.18. The van der Waals surface area contributed by atoms with E-state index in [-0.39, 0.29) is 17.7 Å². The summed E-state index contributed by atoms with van der Waals surface area (Å²) >= 11 is 12.6. The normalized spacial score (nSPS) is 30.6. The van der Waals surface area contributed by atoms with Crippen LogP contribution in [-0.4, -0.2) is 49.6 Å². The van der Waals surface area contributed by atoms with Crippen molar-refractivity contribution >= 4 is 34.8 Å². The molecular formula is C18H20Cl2N4O. The zero-order valence-electron chi connectivity index (χ0n) is 14.2. The lowest BCUT2D eigenvalue weighted by Gasteiger charge is -2.50. The molecule has 1 spiro atoms. The molecule has 3 atom stereocenters. The smallest absolute Gasteiger partial charge is 0.243 e. The number of piperidine rings is 2. The van der Waals surface area contributed by atoms with Gasteiger partial charge in [-0.15, -0.1) is 0 Å². The van der Waals surface area contributed by atoms with Crippen molar-refractivity contribution in [2.75, 3.05) is 32.1 Å². The van der Waals surface area contributed by atoms with Gasteiger partial charge in [0.05, 0.1) is 33.3 Å². The van der Waals surface area contributed by atoms with Crippen LogP contribution in [0.1, 0.15) is 24.3 Å². The summed E-state index contributed by atoms with van der Waals surface area (Å²) in [4.78, 5) is 17.1. The SMILES string of the molecule is CN1CCC2(CC1)NC(=O)C1C(c3ccc(Cl)c(Cl)c3N1C)C2C#N. The molecule has 5 nitrogen and oxygen atoms in total. The Hall–Kier alpha value is -1.48. The number of halogens is 2. The third-order valence-corrected chi connectivity index (χ3v) is 6.98. The maximum atomic E-state index is 13.0. The number of benzene rings is 1. The summed E-state index contributed by atoms with van der Waals surface area (Å²) in [5.41, 5.74) is 1.28. The number of carbonyl (C=O) groups is 1. The van der Waals surface area contributed by atoms with E-state index < -0.39 is 11.6 Å². The molecular weight excluding hydrogens is 359 g/mol.